The van der Waals surface area contributed by atoms with Gasteiger partial charge in [-0.1, -0.05) is 27.5 Å². The Morgan fingerprint density at radius 3 is 2.68 bits per heavy atom. The summed E-state index contributed by atoms with van der Waals surface area (Å²) in [4.78, 5) is 17.0. The maximum atomic E-state index is 12.4. The Morgan fingerprint density at radius 2 is 1.96 bits per heavy atom. The van der Waals surface area contributed by atoms with Gasteiger partial charge in [-0.05, 0) is 24.3 Å². The van der Waals surface area contributed by atoms with E-state index in [1.807, 2.05) is 23.6 Å². The molecule has 9 heteroatoms. The van der Waals surface area contributed by atoms with Gasteiger partial charge in [0.15, 0.2) is 0 Å². The maximum absolute atomic E-state index is 12.4. The van der Waals surface area contributed by atoms with Gasteiger partial charge in [0.05, 0.1) is 36.2 Å². The minimum atomic E-state index is -0.576. The van der Waals surface area contributed by atoms with Gasteiger partial charge in [0.2, 0.25) is 0 Å². The zero-order valence-electron chi connectivity index (χ0n) is 15.0. The van der Waals surface area contributed by atoms with Crippen LogP contribution in [0.1, 0.15) is 16.1 Å². The second-order valence-corrected chi connectivity index (χ2v) is 7.82. The van der Waals surface area contributed by atoms with Gasteiger partial charge in [-0.15, -0.1) is 11.3 Å². The van der Waals surface area contributed by atoms with Crippen LogP contribution in [0.15, 0.2) is 40.2 Å². The summed E-state index contributed by atoms with van der Waals surface area (Å²) in [6.45, 7) is 0.0107. The average molecular weight is 484 g/mol. The SMILES string of the molecule is COc1cc(N)c(Cl)cc1C(=O)OCc1csc(-c2cc(Br)ccc2OC)n1. The Morgan fingerprint density at radius 1 is 1.21 bits per heavy atom. The first-order chi connectivity index (χ1) is 13.4. The largest absolute Gasteiger partial charge is 0.496 e. The molecule has 2 N–H and O–H groups in total. The third-order valence-electron chi connectivity index (χ3n) is 3.83. The van der Waals surface area contributed by atoms with Crippen molar-refractivity contribution in [2.24, 2.45) is 0 Å². The van der Waals surface area contributed by atoms with E-state index in [0.717, 1.165) is 15.0 Å². The topological polar surface area (TPSA) is 83.7 Å². The summed E-state index contributed by atoms with van der Waals surface area (Å²) in [5, 5.41) is 2.85. The number of esters is 1. The fourth-order valence-corrected chi connectivity index (χ4v) is 3.81. The van der Waals surface area contributed by atoms with Crippen LogP contribution in [0.3, 0.4) is 0 Å². The van der Waals surface area contributed by atoms with Crippen LogP contribution >= 0.6 is 38.9 Å². The van der Waals surface area contributed by atoms with Gasteiger partial charge in [0, 0.05) is 15.9 Å². The molecule has 0 aliphatic rings. The second kappa shape index (κ2) is 8.81. The number of ether oxygens (including phenoxy) is 3. The van der Waals surface area contributed by atoms with Crippen LogP contribution in [0.25, 0.3) is 10.6 Å². The van der Waals surface area contributed by atoms with Crippen molar-refractivity contribution in [3.05, 3.63) is 56.5 Å². The molecule has 0 bridgehead atoms. The smallest absolute Gasteiger partial charge is 0.342 e. The van der Waals surface area contributed by atoms with Crippen molar-refractivity contribution in [3.8, 4) is 22.1 Å². The molecule has 0 unspecified atom stereocenters. The van der Waals surface area contributed by atoms with E-state index >= 15 is 0 Å². The first-order valence-electron chi connectivity index (χ1n) is 8.01. The average Bonchev–Trinajstić information content (AvgIpc) is 3.16. The van der Waals surface area contributed by atoms with E-state index in [2.05, 4.69) is 20.9 Å². The molecular formula is C19H16BrClN2O4S. The first-order valence-corrected chi connectivity index (χ1v) is 10.1. The molecule has 146 valence electrons. The first kappa shape index (κ1) is 20.4. The number of aromatic nitrogens is 1. The van der Waals surface area contributed by atoms with Crippen molar-refractivity contribution in [3.63, 3.8) is 0 Å². The highest BCUT2D eigenvalue weighted by atomic mass is 79.9. The van der Waals surface area contributed by atoms with Crippen molar-refractivity contribution in [2.75, 3.05) is 20.0 Å². The van der Waals surface area contributed by atoms with E-state index in [1.165, 1.54) is 30.6 Å². The molecule has 0 spiro atoms. The number of anilines is 1. The minimum absolute atomic E-state index is 0.0107. The summed E-state index contributed by atoms with van der Waals surface area (Å²) in [5.41, 5.74) is 7.73. The van der Waals surface area contributed by atoms with Crippen LogP contribution < -0.4 is 15.2 Å². The van der Waals surface area contributed by atoms with E-state index in [9.17, 15) is 4.79 Å². The molecule has 0 aliphatic heterocycles. The fraction of sp³-hybridized carbons (Fsp3) is 0.158. The molecule has 1 aromatic heterocycles. The number of halogens is 2. The van der Waals surface area contributed by atoms with Gasteiger partial charge in [-0.25, -0.2) is 9.78 Å². The molecule has 1 heterocycles. The van der Waals surface area contributed by atoms with Gasteiger partial charge < -0.3 is 19.9 Å². The highest BCUT2D eigenvalue weighted by Crippen LogP contribution is 2.35. The molecule has 0 aliphatic carbocycles. The van der Waals surface area contributed by atoms with Gasteiger partial charge in [-0.2, -0.15) is 0 Å². The summed E-state index contributed by atoms with van der Waals surface area (Å²) in [7, 11) is 3.05. The molecule has 2 aromatic carbocycles. The highest BCUT2D eigenvalue weighted by Gasteiger charge is 2.18. The zero-order valence-corrected chi connectivity index (χ0v) is 18.2. The quantitative estimate of drug-likeness (QED) is 0.384. The Labute approximate surface area is 179 Å². The summed E-state index contributed by atoms with van der Waals surface area (Å²) >= 11 is 10.9. The van der Waals surface area contributed by atoms with E-state index in [-0.39, 0.29) is 17.2 Å². The predicted molar refractivity (Wildman–Crippen MR) is 113 cm³/mol. The lowest BCUT2D eigenvalue weighted by atomic mass is 10.2. The number of carbonyl (C=O) groups is 1. The van der Waals surface area contributed by atoms with Gasteiger partial charge in [0.1, 0.15) is 28.7 Å². The lowest BCUT2D eigenvalue weighted by Gasteiger charge is -2.10. The second-order valence-electron chi connectivity index (χ2n) is 5.64. The lowest BCUT2D eigenvalue weighted by molar-refractivity contribution is 0.0465. The van der Waals surface area contributed by atoms with Crippen LogP contribution in [-0.4, -0.2) is 25.2 Å². The normalized spacial score (nSPS) is 10.6. The number of hydrogen-bond donors (Lipinski definition) is 1. The zero-order chi connectivity index (χ0) is 20.3. The number of nitrogens with two attached hydrogens (primary N) is 1. The van der Waals surface area contributed by atoms with E-state index < -0.39 is 5.97 Å². The van der Waals surface area contributed by atoms with E-state index in [1.54, 1.807) is 7.11 Å². The standard InChI is InChI=1S/C19H16BrClN2O4S/c1-25-16-4-3-10(20)5-12(16)18-23-11(9-28-18)8-27-19(24)13-6-14(21)15(22)7-17(13)26-2/h3-7,9H,8,22H2,1-2H3. The number of hydrogen-bond acceptors (Lipinski definition) is 7. The van der Waals surface area contributed by atoms with E-state index in [0.29, 0.717) is 22.9 Å². The molecule has 0 amide bonds. The molecule has 0 saturated heterocycles. The van der Waals surface area contributed by atoms with Gasteiger partial charge in [-0.3, -0.25) is 0 Å². The lowest BCUT2D eigenvalue weighted by Crippen LogP contribution is -2.08. The summed E-state index contributed by atoms with van der Waals surface area (Å²) in [5.74, 6) is 0.431. The Hall–Kier alpha value is -2.29. The van der Waals surface area contributed by atoms with Crippen molar-refractivity contribution in [1.82, 2.24) is 4.98 Å². The third-order valence-corrected chi connectivity index (χ3v) is 5.58. The molecule has 0 atom stereocenters. The summed E-state index contributed by atoms with van der Waals surface area (Å²) in [6, 6.07) is 8.59. The molecular weight excluding hydrogens is 468 g/mol. The number of thiazole rings is 1. The van der Waals surface area contributed by atoms with Crippen molar-refractivity contribution in [2.45, 2.75) is 6.61 Å². The molecule has 0 radical (unpaired) electrons. The number of methoxy groups -OCH3 is 2. The summed E-state index contributed by atoms with van der Waals surface area (Å²) in [6.07, 6.45) is 0. The number of nitrogens with zero attached hydrogens (tertiary/aromatic N) is 1. The van der Waals surface area contributed by atoms with Crippen LogP contribution in [0.2, 0.25) is 5.02 Å². The third kappa shape index (κ3) is 4.40. The van der Waals surface area contributed by atoms with Crippen LogP contribution in [0.5, 0.6) is 11.5 Å². The van der Waals surface area contributed by atoms with Crippen LogP contribution in [0, 0.1) is 0 Å². The Balaban J connectivity index is 1.76. The number of rotatable bonds is 6. The van der Waals surface area contributed by atoms with Crippen molar-refractivity contribution < 1.29 is 19.0 Å². The fourth-order valence-electron chi connectivity index (χ4n) is 2.46. The molecule has 3 aromatic rings. The minimum Gasteiger partial charge on any atom is -0.496 e. The van der Waals surface area contributed by atoms with Crippen LogP contribution in [-0.2, 0) is 11.3 Å². The number of carbonyl (C=O) groups excluding carboxylic acids is 1. The summed E-state index contributed by atoms with van der Waals surface area (Å²) < 4.78 is 16.9. The van der Waals surface area contributed by atoms with Gasteiger partial charge >= 0.3 is 5.97 Å². The molecule has 6 nitrogen and oxygen atoms in total. The Kier molecular flexibility index (Phi) is 6.43. The highest BCUT2D eigenvalue weighted by molar-refractivity contribution is 9.10. The molecule has 0 fully saturated rings. The Bertz CT molecular complexity index is 1030. The molecule has 28 heavy (non-hydrogen) atoms. The molecule has 0 saturated carbocycles. The van der Waals surface area contributed by atoms with E-state index in [4.69, 9.17) is 31.5 Å². The number of nitrogen functional groups attached to an aromatic ring is 1. The van der Waals surface area contributed by atoms with Crippen molar-refractivity contribution in [1.29, 1.82) is 0 Å². The van der Waals surface area contributed by atoms with Gasteiger partial charge in [0.25, 0.3) is 0 Å². The monoisotopic (exact) mass is 482 g/mol. The van der Waals surface area contributed by atoms with Crippen molar-refractivity contribution >= 4 is 50.5 Å². The van der Waals surface area contributed by atoms with Crippen LogP contribution in [0.4, 0.5) is 5.69 Å². The molecule has 3 rings (SSSR count). The maximum Gasteiger partial charge on any atom is 0.342 e. The number of benzene rings is 2. The predicted octanol–water partition coefficient (Wildman–Crippen LogP) is 5.18.